The second-order valence-corrected chi connectivity index (χ2v) is 10.2. The van der Waals surface area contributed by atoms with Crippen molar-refractivity contribution in [3.8, 4) is 0 Å². The zero-order valence-corrected chi connectivity index (χ0v) is 13.1. The van der Waals surface area contributed by atoms with Gasteiger partial charge in [-0.25, -0.2) is 30.4 Å². The molecule has 0 bridgehead atoms. The molecule has 0 radical (unpaired) electrons. The van der Waals surface area contributed by atoms with Gasteiger partial charge in [0.25, 0.3) is 0 Å². The summed E-state index contributed by atoms with van der Waals surface area (Å²) in [7, 11) is -11.1. The highest BCUT2D eigenvalue weighted by Crippen LogP contribution is 2.16. The Morgan fingerprint density at radius 2 is 1.20 bits per heavy atom. The van der Waals surface area contributed by atoms with Crippen LogP contribution in [0.15, 0.2) is 34.1 Å². The molecule has 20 heavy (non-hydrogen) atoms. The second kappa shape index (κ2) is 5.80. The Morgan fingerprint density at radius 3 is 1.55 bits per heavy atom. The van der Waals surface area contributed by atoms with Gasteiger partial charge in [-0.05, 0) is 24.3 Å². The molecule has 0 aliphatic rings. The molecule has 2 N–H and O–H groups in total. The number of hydrogen-bond donors (Lipinski definition) is 1. The summed E-state index contributed by atoms with van der Waals surface area (Å²) >= 11 is 0. The quantitative estimate of drug-likeness (QED) is 0.745. The van der Waals surface area contributed by atoms with Gasteiger partial charge < -0.3 is 0 Å². The van der Waals surface area contributed by atoms with Crippen molar-refractivity contribution >= 4 is 29.7 Å². The Morgan fingerprint density at radius 1 is 0.800 bits per heavy atom. The zero-order chi connectivity index (χ0) is 15.6. The number of sulfone groups is 2. The topological polar surface area (TPSA) is 128 Å². The summed E-state index contributed by atoms with van der Waals surface area (Å²) in [5, 5.41) is 4.75. The van der Waals surface area contributed by atoms with E-state index in [1.165, 1.54) is 19.1 Å². The van der Waals surface area contributed by atoms with Crippen LogP contribution >= 0.6 is 0 Å². The van der Waals surface area contributed by atoms with Crippen molar-refractivity contribution in [2.75, 3.05) is 17.3 Å². The zero-order valence-electron chi connectivity index (χ0n) is 10.7. The number of primary sulfonamides is 1. The molecular weight excluding hydrogens is 326 g/mol. The fraction of sp³-hybridized carbons (Fsp3) is 0.400. The molecular formula is C10H15NO6S3. The molecule has 114 valence electrons. The fourth-order valence-corrected chi connectivity index (χ4v) is 4.84. The molecule has 0 unspecified atom stereocenters. The smallest absolute Gasteiger partial charge is 0.210 e. The second-order valence-electron chi connectivity index (χ2n) is 4.06. The average Bonchev–Trinajstić information content (AvgIpc) is 2.36. The molecule has 0 saturated carbocycles. The van der Waals surface area contributed by atoms with Crippen LogP contribution in [0.4, 0.5) is 0 Å². The highest BCUT2D eigenvalue weighted by atomic mass is 32.2. The Hall–Kier alpha value is -0.970. The summed E-state index contributed by atoms with van der Waals surface area (Å²) in [6, 6.07) is 4.65. The van der Waals surface area contributed by atoms with Crippen molar-refractivity contribution in [1.82, 2.24) is 0 Å². The van der Waals surface area contributed by atoms with Crippen molar-refractivity contribution < 1.29 is 25.3 Å². The lowest BCUT2D eigenvalue weighted by molar-refractivity contribution is 0.588. The van der Waals surface area contributed by atoms with E-state index in [9.17, 15) is 25.3 Å². The third-order valence-electron chi connectivity index (χ3n) is 2.56. The van der Waals surface area contributed by atoms with Gasteiger partial charge in [0.2, 0.25) is 10.0 Å². The van der Waals surface area contributed by atoms with Crippen LogP contribution in [0.2, 0.25) is 0 Å². The Balaban J connectivity index is 3.05. The van der Waals surface area contributed by atoms with E-state index < -0.39 is 41.2 Å². The van der Waals surface area contributed by atoms with Gasteiger partial charge in [-0.1, -0.05) is 6.92 Å². The lowest BCUT2D eigenvalue weighted by Gasteiger charge is -2.05. The first-order valence-electron chi connectivity index (χ1n) is 5.54. The number of rotatable bonds is 6. The summed E-state index contributed by atoms with van der Waals surface area (Å²) in [6.07, 6.45) is 0. The van der Waals surface area contributed by atoms with Crippen LogP contribution in [-0.2, 0) is 29.7 Å². The molecule has 1 aromatic rings. The van der Waals surface area contributed by atoms with Gasteiger partial charge in [0.15, 0.2) is 19.7 Å². The molecule has 0 aromatic heterocycles. The SMILES string of the molecule is CCS(=O)(=O)c1ccc(S(=O)(=O)CCS(N)(=O)=O)cc1. The monoisotopic (exact) mass is 341 g/mol. The van der Waals surface area contributed by atoms with E-state index >= 15 is 0 Å². The van der Waals surface area contributed by atoms with Crippen LogP contribution in [0.1, 0.15) is 6.92 Å². The van der Waals surface area contributed by atoms with Crippen LogP contribution in [0.25, 0.3) is 0 Å². The lowest BCUT2D eigenvalue weighted by Crippen LogP contribution is -2.23. The first kappa shape index (κ1) is 17.1. The maximum Gasteiger partial charge on any atom is 0.210 e. The molecule has 0 atom stereocenters. The highest BCUT2D eigenvalue weighted by Gasteiger charge is 2.19. The Labute approximate surface area is 118 Å². The molecule has 0 fully saturated rings. The third kappa shape index (κ3) is 4.54. The largest absolute Gasteiger partial charge is 0.229 e. The Bertz CT molecular complexity index is 776. The van der Waals surface area contributed by atoms with Crippen LogP contribution < -0.4 is 5.14 Å². The molecule has 0 saturated heterocycles. The van der Waals surface area contributed by atoms with Gasteiger partial charge in [0.05, 0.1) is 27.0 Å². The molecule has 0 spiro atoms. The molecule has 1 aromatic carbocycles. The van der Waals surface area contributed by atoms with Crippen LogP contribution in [0, 0.1) is 0 Å². The van der Waals surface area contributed by atoms with Gasteiger partial charge in [-0.3, -0.25) is 0 Å². The maximum absolute atomic E-state index is 11.8. The van der Waals surface area contributed by atoms with E-state index in [1.807, 2.05) is 0 Å². The average molecular weight is 341 g/mol. The normalized spacial score (nSPS) is 13.3. The summed E-state index contributed by atoms with van der Waals surface area (Å²) in [5.74, 6) is -1.43. The van der Waals surface area contributed by atoms with Crippen molar-refractivity contribution in [3.63, 3.8) is 0 Å². The van der Waals surface area contributed by atoms with Crippen molar-refractivity contribution in [2.45, 2.75) is 16.7 Å². The molecule has 0 aliphatic heterocycles. The first-order chi connectivity index (χ1) is 8.98. The number of sulfonamides is 1. The van der Waals surface area contributed by atoms with Crippen LogP contribution in [-0.4, -0.2) is 42.5 Å². The number of nitrogens with two attached hydrogens (primary N) is 1. The predicted octanol–water partition coefficient (Wildman–Crippen LogP) is -0.458. The first-order valence-corrected chi connectivity index (χ1v) is 10.6. The van der Waals surface area contributed by atoms with Gasteiger partial charge in [-0.2, -0.15) is 0 Å². The fourth-order valence-electron chi connectivity index (χ4n) is 1.36. The highest BCUT2D eigenvalue weighted by molar-refractivity contribution is 7.94. The predicted molar refractivity (Wildman–Crippen MR) is 74.2 cm³/mol. The van der Waals surface area contributed by atoms with Gasteiger partial charge in [0.1, 0.15) is 0 Å². The molecule has 0 heterocycles. The molecule has 0 amide bonds. The number of hydrogen-bond acceptors (Lipinski definition) is 6. The van der Waals surface area contributed by atoms with E-state index in [1.54, 1.807) is 0 Å². The number of benzene rings is 1. The van der Waals surface area contributed by atoms with E-state index in [0.29, 0.717) is 0 Å². The van der Waals surface area contributed by atoms with Crippen LogP contribution in [0.5, 0.6) is 0 Å². The lowest BCUT2D eigenvalue weighted by atomic mass is 10.4. The van der Waals surface area contributed by atoms with Crippen LogP contribution in [0.3, 0.4) is 0 Å². The minimum atomic E-state index is -3.88. The minimum Gasteiger partial charge on any atom is -0.229 e. The van der Waals surface area contributed by atoms with Crippen molar-refractivity contribution in [2.24, 2.45) is 5.14 Å². The van der Waals surface area contributed by atoms with E-state index in [0.717, 1.165) is 12.1 Å². The van der Waals surface area contributed by atoms with Gasteiger partial charge >= 0.3 is 0 Å². The maximum atomic E-state index is 11.8. The van der Waals surface area contributed by atoms with E-state index in [-0.39, 0.29) is 15.5 Å². The minimum absolute atomic E-state index is 0.0189. The molecule has 1 rings (SSSR count). The third-order valence-corrected chi connectivity index (χ3v) is 7.07. The summed E-state index contributed by atoms with van der Waals surface area (Å²) < 4.78 is 68.4. The van der Waals surface area contributed by atoms with Gasteiger partial charge in [0, 0.05) is 0 Å². The summed E-state index contributed by atoms with van der Waals surface area (Å²) in [5.41, 5.74) is 0. The standard InChI is InChI=1S/C10H15NO6S3/c1-2-18(12,13)9-3-5-10(6-4-9)19(14,15)7-8-20(11,16)17/h3-6H,2,7-8H2,1H3,(H2,11,16,17). The summed E-state index contributed by atoms with van der Waals surface area (Å²) in [6.45, 7) is 1.48. The molecule has 10 heteroatoms. The van der Waals surface area contributed by atoms with E-state index in [2.05, 4.69) is 0 Å². The van der Waals surface area contributed by atoms with Crippen molar-refractivity contribution in [3.05, 3.63) is 24.3 Å². The van der Waals surface area contributed by atoms with Crippen molar-refractivity contribution in [1.29, 1.82) is 0 Å². The Kier molecular flexibility index (Phi) is 4.95. The molecule has 0 aliphatic carbocycles. The van der Waals surface area contributed by atoms with E-state index in [4.69, 9.17) is 5.14 Å². The van der Waals surface area contributed by atoms with Gasteiger partial charge in [-0.15, -0.1) is 0 Å². The molecule has 7 nitrogen and oxygen atoms in total. The summed E-state index contributed by atoms with van der Waals surface area (Å²) in [4.78, 5) is -0.124.